The number of hydrogen-bond acceptors (Lipinski definition) is 5. The van der Waals surface area contributed by atoms with Crippen LogP contribution in [0.25, 0.3) is 0 Å². The summed E-state index contributed by atoms with van der Waals surface area (Å²) in [6.45, 7) is 0.697. The summed E-state index contributed by atoms with van der Waals surface area (Å²) in [7, 11) is 1.50. The molecular formula is C10H20N2O6. The van der Waals surface area contributed by atoms with Crippen LogP contribution in [0, 0.1) is 0 Å². The van der Waals surface area contributed by atoms with Crippen molar-refractivity contribution in [3.8, 4) is 0 Å². The molecule has 0 rings (SSSR count). The summed E-state index contributed by atoms with van der Waals surface area (Å²) < 4.78 is 4.82. The molecule has 106 valence electrons. The first-order valence-electron chi connectivity index (χ1n) is 5.56. The predicted molar refractivity (Wildman–Crippen MR) is 62.2 cm³/mol. The van der Waals surface area contributed by atoms with Crippen molar-refractivity contribution in [2.24, 2.45) is 0 Å². The fourth-order valence-corrected chi connectivity index (χ4v) is 1.19. The van der Waals surface area contributed by atoms with E-state index in [0.717, 1.165) is 0 Å². The Bertz CT molecular complexity index is 261. The van der Waals surface area contributed by atoms with Crippen LogP contribution in [0.15, 0.2) is 0 Å². The number of urea groups is 1. The van der Waals surface area contributed by atoms with Crippen molar-refractivity contribution >= 4 is 12.0 Å². The Morgan fingerprint density at radius 2 is 2.06 bits per heavy atom. The maximum atomic E-state index is 11.6. The van der Waals surface area contributed by atoms with Crippen LogP contribution < -0.4 is 5.32 Å². The van der Waals surface area contributed by atoms with E-state index >= 15 is 0 Å². The van der Waals surface area contributed by atoms with Crippen molar-refractivity contribution < 1.29 is 29.6 Å². The van der Waals surface area contributed by atoms with Crippen LogP contribution in [0.4, 0.5) is 4.79 Å². The smallest absolute Gasteiger partial charge is 0.332 e. The van der Waals surface area contributed by atoms with E-state index in [9.17, 15) is 9.59 Å². The number of carbonyl (C=O) groups excluding carboxylic acids is 1. The molecule has 8 nitrogen and oxygen atoms in total. The van der Waals surface area contributed by atoms with Gasteiger partial charge < -0.3 is 30.3 Å². The van der Waals surface area contributed by atoms with E-state index in [4.69, 9.17) is 20.1 Å². The highest BCUT2D eigenvalue weighted by Crippen LogP contribution is 1.93. The standard InChI is InChI=1S/C10H20N2O6/c1-18-7-5-12(4-6-13)10(17)11-3-2-8(14)9(15)16/h8,13-14H,2-7H2,1H3,(H,11,17)(H,15,16)/t8-/m0/s1. The Labute approximate surface area is 105 Å². The minimum absolute atomic E-state index is 0.0429. The molecule has 0 aromatic carbocycles. The van der Waals surface area contributed by atoms with E-state index in [-0.39, 0.29) is 26.1 Å². The number of nitrogens with one attached hydrogen (secondary N) is 1. The van der Waals surface area contributed by atoms with Crippen LogP contribution in [0.3, 0.4) is 0 Å². The highest BCUT2D eigenvalue weighted by atomic mass is 16.5. The van der Waals surface area contributed by atoms with Gasteiger partial charge in [0, 0.05) is 33.2 Å². The molecule has 0 unspecified atom stereocenters. The molecule has 1 atom stereocenters. The van der Waals surface area contributed by atoms with Gasteiger partial charge in [-0.1, -0.05) is 0 Å². The summed E-state index contributed by atoms with van der Waals surface area (Å²) in [5, 5.41) is 28.7. The minimum atomic E-state index is -1.49. The van der Waals surface area contributed by atoms with Crippen molar-refractivity contribution in [3.63, 3.8) is 0 Å². The molecule has 0 fully saturated rings. The topological polar surface area (TPSA) is 119 Å². The number of aliphatic carboxylic acids is 1. The molecule has 18 heavy (non-hydrogen) atoms. The first-order chi connectivity index (χ1) is 8.52. The van der Waals surface area contributed by atoms with Gasteiger partial charge in [0.25, 0.3) is 0 Å². The van der Waals surface area contributed by atoms with Gasteiger partial charge in [0.15, 0.2) is 6.10 Å². The predicted octanol–water partition coefficient (Wildman–Crippen LogP) is -1.53. The number of methoxy groups -OCH3 is 1. The third kappa shape index (κ3) is 7.05. The van der Waals surface area contributed by atoms with Gasteiger partial charge >= 0.3 is 12.0 Å². The van der Waals surface area contributed by atoms with Gasteiger partial charge in [-0.15, -0.1) is 0 Å². The summed E-state index contributed by atoms with van der Waals surface area (Å²) in [4.78, 5) is 23.3. The lowest BCUT2D eigenvalue weighted by Gasteiger charge is -2.21. The van der Waals surface area contributed by atoms with E-state index in [0.29, 0.717) is 13.2 Å². The van der Waals surface area contributed by atoms with E-state index in [1.54, 1.807) is 0 Å². The lowest BCUT2D eigenvalue weighted by atomic mass is 10.2. The van der Waals surface area contributed by atoms with E-state index < -0.39 is 18.1 Å². The Morgan fingerprint density at radius 1 is 1.39 bits per heavy atom. The molecule has 0 radical (unpaired) electrons. The molecule has 0 bridgehead atoms. The highest BCUT2D eigenvalue weighted by Gasteiger charge is 2.15. The minimum Gasteiger partial charge on any atom is -0.479 e. The number of nitrogens with zero attached hydrogens (tertiary/aromatic N) is 1. The second-order valence-corrected chi connectivity index (χ2v) is 3.58. The molecule has 0 aliphatic heterocycles. The van der Waals surface area contributed by atoms with E-state index in [1.807, 2.05) is 0 Å². The molecule has 0 heterocycles. The van der Waals surface area contributed by atoms with Crippen molar-refractivity contribution in [1.29, 1.82) is 0 Å². The third-order valence-electron chi connectivity index (χ3n) is 2.20. The van der Waals surface area contributed by atoms with Crippen LogP contribution >= 0.6 is 0 Å². The van der Waals surface area contributed by atoms with Crippen molar-refractivity contribution in [1.82, 2.24) is 10.2 Å². The third-order valence-corrected chi connectivity index (χ3v) is 2.20. The van der Waals surface area contributed by atoms with Crippen LogP contribution in [-0.2, 0) is 9.53 Å². The Balaban J connectivity index is 3.97. The average Bonchev–Trinajstić information content (AvgIpc) is 2.33. The second-order valence-electron chi connectivity index (χ2n) is 3.58. The van der Waals surface area contributed by atoms with Gasteiger partial charge in [-0.3, -0.25) is 0 Å². The molecule has 0 aliphatic carbocycles. The SMILES string of the molecule is COCCN(CCO)C(=O)NCC[C@H](O)C(=O)O. The van der Waals surface area contributed by atoms with Gasteiger partial charge in [0.05, 0.1) is 13.2 Å². The summed E-state index contributed by atoms with van der Waals surface area (Å²) in [6, 6.07) is -0.432. The van der Waals surface area contributed by atoms with Gasteiger partial charge in [0.1, 0.15) is 0 Å². The molecule has 2 amide bonds. The Morgan fingerprint density at radius 3 is 2.56 bits per heavy atom. The number of rotatable bonds is 9. The van der Waals surface area contributed by atoms with Gasteiger partial charge in [0.2, 0.25) is 0 Å². The molecule has 0 aliphatic rings. The summed E-state index contributed by atoms with van der Waals surface area (Å²) in [5.41, 5.74) is 0. The second kappa shape index (κ2) is 9.63. The fourth-order valence-electron chi connectivity index (χ4n) is 1.19. The number of amides is 2. The Hall–Kier alpha value is -1.38. The van der Waals surface area contributed by atoms with Crippen molar-refractivity contribution in [2.45, 2.75) is 12.5 Å². The zero-order valence-corrected chi connectivity index (χ0v) is 10.3. The van der Waals surface area contributed by atoms with Gasteiger partial charge in [-0.25, -0.2) is 9.59 Å². The average molecular weight is 264 g/mol. The number of carboxylic acids is 1. The summed E-state index contributed by atoms with van der Waals surface area (Å²) in [5.74, 6) is -1.32. The van der Waals surface area contributed by atoms with Crippen LogP contribution in [0.5, 0.6) is 0 Å². The molecular weight excluding hydrogens is 244 g/mol. The number of aliphatic hydroxyl groups excluding tert-OH is 2. The number of carbonyl (C=O) groups is 2. The van der Waals surface area contributed by atoms with E-state index in [2.05, 4.69) is 5.32 Å². The largest absolute Gasteiger partial charge is 0.479 e. The Kier molecular flexibility index (Phi) is 8.89. The quantitative estimate of drug-likeness (QED) is 0.401. The zero-order valence-electron chi connectivity index (χ0n) is 10.3. The van der Waals surface area contributed by atoms with Crippen molar-refractivity contribution in [2.75, 3.05) is 40.0 Å². The molecule has 0 saturated carbocycles. The van der Waals surface area contributed by atoms with E-state index in [1.165, 1.54) is 12.0 Å². The molecule has 4 N–H and O–H groups in total. The van der Waals surface area contributed by atoms with Crippen LogP contribution in [-0.4, -0.2) is 78.3 Å². The molecule has 0 aromatic heterocycles. The van der Waals surface area contributed by atoms with Gasteiger partial charge in [-0.05, 0) is 0 Å². The number of ether oxygens (including phenoxy) is 1. The van der Waals surface area contributed by atoms with Crippen LogP contribution in [0.2, 0.25) is 0 Å². The lowest BCUT2D eigenvalue weighted by molar-refractivity contribution is -0.146. The first-order valence-corrected chi connectivity index (χ1v) is 5.56. The van der Waals surface area contributed by atoms with Crippen LogP contribution in [0.1, 0.15) is 6.42 Å². The molecule has 0 aromatic rings. The summed E-state index contributed by atoms with van der Waals surface area (Å²) in [6.07, 6.45) is -1.56. The normalized spacial score (nSPS) is 11.9. The van der Waals surface area contributed by atoms with Crippen molar-refractivity contribution in [3.05, 3.63) is 0 Å². The molecule has 0 saturated heterocycles. The number of aliphatic hydroxyl groups is 2. The monoisotopic (exact) mass is 264 g/mol. The number of carboxylic acid groups (broad SMARTS) is 1. The lowest BCUT2D eigenvalue weighted by Crippen LogP contribution is -2.44. The fraction of sp³-hybridized carbons (Fsp3) is 0.800. The maximum Gasteiger partial charge on any atom is 0.332 e. The molecule has 0 spiro atoms. The van der Waals surface area contributed by atoms with Gasteiger partial charge in [-0.2, -0.15) is 0 Å². The summed E-state index contributed by atoms with van der Waals surface area (Å²) >= 11 is 0. The maximum absolute atomic E-state index is 11.6. The number of hydrogen-bond donors (Lipinski definition) is 4. The molecule has 8 heteroatoms. The zero-order chi connectivity index (χ0) is 14.0. The first kappa shape index (κ1) is 16.6. The highest BCUT2D eigenvalue weighted by molar-refractivity contribution is 5.74.